The fourth-order valence-electron chi connectivity index (χ4n) is 3.27. The highest BCUT2D eigenvalue weighted by Crippen LogP contribution is 2.20. The molecule has 0 saturated heterocycles. The van der Waals surface area contributed by atoms with Crippen LogP contribution >= 0.6 is 11.8 Å². The van der Waals surface area contributed by atoms with E-state index < -0.39 is 0 Å². The van der Waals surface area contributed by atoms with Crippen LogP contribution in [-0.2, 0) is 0 Å². The van der Waals surface area contributed by atoms with Gasteiger partial charge in [0.15, 0.2) is 10.9 Å². The molecule has 0 aliphatic rings. The Morgan fingerprint density at radius 3 is 2.57 bits per heavy atom. The third kappa shape index (κ3) is 3.86. The van der Waals surface area contributed by atoms with Gasteiger partial charge in [-0.25, -0.2) is 0 Å². The van der Waals surface area contributed by atoms with Gasteiger partial charge in [0.2, 0.25) is 5.65 Å². The zero-order chi connectivity index (χ0) is 21.3. The highest BCUT2D eigenvalue weighted by atomic mass is 32.2. The lowest BCUT2D eigenvalue weighted by molar-refractivity contribution is 0.102. The first-order chi connectivity index (χ1) is 14.5. The Bertz CT molecular complexity index is 1290. The number of hydrogen-bond donors (Lipinski definition) is 0. The van der Waals surface area contributed by atoms with E-state index in [9.17, 15) is 9.59 Å². The number of Topliss-reactive ketones (excluding diaryl/α,β-unsaturated/α-hetero) is 1. The van der Waals surface area contributed by atoms with Crippen molar-refractivity contribution >= 4 is 23.2 Å². The van der Waals surface area contributed by atoms with E-state index in [2.05, 4.69) is 16.3 Å². The van der Waals surface area contributed by atoms with Gasteiger partial charge in [-0.2, -0.15) is 0 Å². The van der Waals surface area contributed by atoms with E-state index in [4.69, 9.17) is 4.74 Å². The molecule has 2 heterocycles. The Kier molecular flexibility index (Phi) is 5.41. The van der Waals surface area contributed by atoms with Crippen molar-refractivity contribution in [1.29, 1.82) is 0 Å². The van der Waals surface area contributed by atoms with E-state index in [0.717, 1.165) is 16.8 Å². The fraction of sp³-hybridized carbons (Fsp3) is 0.182. The first kappa shape index (κ1) is 19.9. The number of aromatic nitrogens is 4. The number of ether oxygens (including phenoxy) is 1. The maximum absolute atomic E-state index is 12.9. The van der Waals surface area contributed by atoms with Crippen LogP contribution in [0.5, 0.6) is 5.75 Å². The molecule has 0 saturated carbocycles. The number of benzene rings is 2. The SMILES string of the molecule is COc1cccc(C(=O)CSc2nnc3c(=O)n(-c4cc(C)cc(C)c4)ccn23)c1. The smallest absolute Gasteiger partial charge is 0.300 e. The second-order valence-electron chi connectivity index (χ2n) is 6.94. The van der Waals surface area contributed by atoms with Gasteiger partial charge in [-0.15, -0.1) is 10.2 Å². The molecule has 0 unspecified atom stereocenters. The molecule has 0 amide bonds. The zero-order valence-corrected chi connectivity index (χ0v) is 17.6. The van der Waals surface area contributed by atoms with Crippen LogP contribution in [0.1, 0.15) is 21.5 Å². The number of ketones is 1. The summed E-state index contributed by atoms with van der Waals surface area (Å²) in [5.74, 6) is 0.749. The van der Waals surface area contributed by atoms with Crippen LogP contribution in [-0.4, -0.2) is 37.8 Å². The molecule has 2 aromatic heterocycles. The van der Waals surface area contributed by atoms with Gasteiger partial charge in [0, 0.05) is 23.6 Å². The van der Waals surface area contributed by atoms with Gasteiger partial charge in [-0.1, -0.05) is 30.0 Å². The van der Waals surface area contributed by atoms with E-state index >= 15 is 0 Å². The average molecular weight is 420 g/mol. The molecule has 4 rings (SSSR count). The molecule has 0 radical (unpaired) electrons. The molecular weight excluding hydrogens is 400 g/mol. The molecule has 7 nitrogen and oxygen atoms in total. The van der Waals surface area contributed by atoms with Crippen LogP contribution in [0.15, 0.2) is 64.8 Å². The summed E-state index contributed by atoms with van der Waals surface area (Å²) in [5.41, 5.74) is 3.45. The molecule has 8 heteroatoms. The van der Waals surface area contributed by atoms with Crippen LogP contribution in [0.2, 0.25) is 0 Å². The Morgan fingerprint density at radius 1 is 1.07 bits per heavy atom. The fourth-order valence-corrected chi connectivity index (χ4v) is 4.08. The molecular formula is C22H20N4O3S. The number of methoxy groups -OCH3 is 1. The van der Waals surface area contributed by atoms with Gasteiger partial charge in [-0.05, 0) is 49.2 Å². The summed E-state index contributed by atoms with van der Waals surface area (Å²) >= 11 is 1.24. The number of thioether (sulfide) groups is 1. The first-order valence-corrected chi connectivity index (χ1v) is 10.3. The summed E-state index contributed by atoms with van der Waals surface area (Å²) in [5, 5.41) is 8.66. The Balaban J connectivity index is 1.60. The van der Waals surface area contributed by atoms with E-state index in [0.29, 0.717) is 16.5 Å². The molecule has 0 atom stereocenters. The minimum absolute atomic E-state index is 0.0563. The number of rotatable bonds is 6. The zero-order valence-electron chi connectivity index (χ0n) is 16.8. The molecule has 0 N–H and O–H groups in total. The summed E-state index contributed by atoms with van der Waals surface area (Å²) in [6, 6.07) is 13.0. The number of carbonyl (C=O) groups is 1. The number of nitrogens with zero attached hydrogens (tertiary/aromatic N) is 4. The molecule has 4 aromatic rings. The van der Waals surface area contributed by atoms with Crippen LogP contribution in [0, 0.1) is 13.8 Å². The quantitative estimate of drug-likeness (QED) is 0.351. The van der Waals surface area contributed by atoms with Crippen molar-refractivity contribution in [1.82, 2.24) is 19.2 Å². The van der Waals surface area contributed by atoms with Gasteiger partial charge in [0.1, 0.15) is 5.75 Å². The second kappa shape index (κ2) is 8.16. The lowest BCUT2D eigenvalue weighted by Gasteiger charge is -2.08. The maximum Gasteiger partial charge on any atom is 0.300 e. The minimum atomic E-state index is -0.263. The average Bonchev–Trinajstić information content (AvgIpc) is 3.15. The summed E-state index contributed by atoms with van der Waals surface area (Å²) < 4.78 is 8.34. The van der Waals surface area contributed by atoms with Crippen molar-refractivity contribution in [2.75, 3.05) is 12.9 Å². The standard InChI is InChI=1S/C22H20N4O3S/c1-14-9-15(2)11-17(10-14)25-7-8-26-20(21(25)28)23-24-22(26)30-13-19(27)16-5-4-6-18(12-16)29-3/h4-12H,13H2,1-3H3. The summed E-state index contributed by atoms with van der Waals surface area (Å²) in [4.78, 5) is 25.5. The van der Waals surface area contributed by atoms with E-state index in [1.807, 2.05) is 26.0 Å². The predicted molar refractivity (Wildman–Crippen MR) is 116 cm³/mol. The number of hydrogen-bond acceptors (Lipinski definition) is 6. The Labute approximate surface area is 177 Å². The van der Waals surface area contributed by atoms with Crippen LogP contribution < -0.4 is 10.3 Å². The van der Waals surface area contributed by atoms with E-state index in [1.54, 1.807) is 52.7 Å². The third-order valence-corrected chi connectivity index (χ3v) is 5.59. The predicted octanol–water partition coefficient (Wildman–Crippen LogP) is 3.48. The van der Waals surface area contributed by atoms with Crippen molar-refractivity contribution in [2.24, 2.45) is 0 Å². The van der Waals surface area contributed by atoms with Crippen LogP contribution in [0.25, 0.3) is 11.3 Å². The van der Waals surface area contributed by atoms with Crippen LogP contribution in [0.4, 0.5) is 0 Å². The Hall–Kier alpha value is -3.39. The van der Waals surface area contributed by atoms with Crippen molar-refractivity contribution < 1.29 is 9.53 Å². The monoisotopic (exact) mass is 420 g/mol. The highest BCUT2D eigenvalue weighted by Gasteiger charge is 2.15. The molecule has 30 heavy (non-hydrogen) atoms. The van der Waals surface area contributed by atoms with Crippen molar-refractivity contribution in [3.63, 3.8) is 0 Å². The number of aryl methyl sites for hydroxylation is 2. The van der Waals surface area contributed by atoms with Crippen molar-refractivity contribution in [3.05, 3.63) is 81.9 Å². The van der Waals surface area contributed by atoms with E-state index in [1.165, 1.54) is 11.8 Å². The molecule has 0 aliphatic heterocycles. The highest BCUT2D eigenvalue weighted by molar-refractivity contribution is 7.99. The summed E-state index contributed by atoms with van der Waals surface area (Å²) in [6.45, 7) is 3.98. The van der Waals surface area contributed by atoms with E-state index in [-0.39, 0.29) is 22.7 Å². The topological polar surface area (TPSA) is 78.5 Å². The third-order valence-electron chi connectivity index (χ3n) is 4.65. The van der Waals surface area contributed by atoms with Gasteiger partial charge >= 0.3 is 5.56 Å². The number of carbonyl (C=O) groups excluding carboxylic acids is 1. The van der Waals surface area contributed by atoms with Gasteiger partial charge in [0.25, 0.3) is 0 Å². The summed E-state index contributed by atoms with van der Waals surface area (Å²) in [6.07, 6.45) is 3.44. The molecule has 152 valence electrons. The van der Waals surface area contributed by atoms with Gasteiger partial charge in [-0.3, -0.25) is 18.6 Å². The van der Waals surface area contributed by atoms with Crippen LogP contribution in [0.3, 0.4) is 0 Å². The molecule has 0 bridgehead atoms. The van der Waals surface area contributed by atoms with Crippen molar-refractivity contribution in [3.8, 4) is 11.4 Å². The normalized spacial score (nSPS) is 11.0. The minimum Gasteiger partial charge on any atom is -0.497 e. The van der Waals surface area contributed by atoms with Gasteiger partial charge in [0.05, 0.1) is 12.9 Å². The number of fused-ring (bicyclic) bond motifs is 1. The summed E-state index contributed by atoms with van der Waals surface area (Å²) in [7, 11) is 1.56. The first-order valence-electron chi connectivity index (χ1n) is 9.31. The maximum atomic E-state index is 12.9. The lowest BCUT2D eigenvalue weighted by atomic mass is 10.1. The molecule has 0 spiro atoms. The molecule has 0 fully saturated rings. The molecule has 0 aliphatic carbocycles. The second-order valence-corrected chi connectivity index (χ2v) is 7.88. The van der Waals surface area contributed by atoms with Gasteiger partial charge < -0.3 is 4.74 Å². The lowest BCUT2D eigenvalue weighted by Crippen LogP contribution is -2.20. The van der Waals surface area contributed by atoms with Crippen molar-refractivity contribution in [2.45, 2.75) is 19.0 Å². The largest absolute Gasteiger partial charge is 0.497 e. The molecule has 2 aromatic carbocycles. The Morgan fingerprint density at radius 2 is 1.83 bits per heavy atom.